The number of thiophene rings is 1. The number of fused-ring (bicyclic) bond motifs is 1. The molecule has 0 amide bonds. The molecule has 6 nitrogen and oxygen atoms in total. The van der Waals surface area contributed by atoms with Crippen LogP contribution in [0.4, 0.5) is 0 Å². The normalized spacial score (nSPS) is 11.8. The maximum absolute atomic E-state index is 4.27. The Morgan fingerprint density at radius 3 is 2.96 bits per heavy atom. The zero-order valence-electron chi connectivity index (χ0n) is 14.0. The van der Waals surface area contributed by atoms with Crippen LogP contribution in [-0.2, 0) is 13.0 Å². The minimum atomic E-state index is 0.804. The zero-order valence-corrected chi connectivity index (χ0v) is 14.8. The van der Waals surface area contributed by atoms with Crippen molar-refractivity contribution in [3.05, 3.63) is 52.1 Å². The fourth-order valence-electron chi connectivity index (χ4n) is 2.48. The third kappa shape index (κ3) is 3.91. The zero-order chi connectivity index (χ0) is 16.8. The Morgan fingerprint density at radius 1 is 1.25 bits per heavy atom. The van der Waals surface area contributed by atoms with Gasteiger partial charge in [-0.25, -0.2) is 0 Å². The number of nitrogens with zero attached hydrogens (tertiary/aromatic N) is 4. The third-order valence-electron chi connectivity index (χ3n) is 3.86. The van der Waals surface area contributed by atoms with E-state index in [0.717, 1.165) is 43.4 Å². The number of aromatic nitrogens is 3. The lowest BCUT2D eigenvalue weighted by Crippen LogP contribution is -2.37. The molecule has 3 aromatic rings. The molecule has 0 aliphatic rings. The van der Waals surface area contributed by atoms with Crippen molar-refractivity contribution in [2.75, 3.05) is 13.6 Å². The van der Waals surface area contributed by atoms with E-state index in [2.05, 4.69) is 44.2 Å². The second-order valence-corrected chi connectivity index (χ2v) is 6.53. The number of hydrogen-bond donors (Lipinski definition) is 2. The molecule has 0 saturated heterocycles. The van der Waals surface area contributed by atoms with Gasteiger partial charge in [-0.2, -0.15) is 0 Å². The lowest BCUT2D eigenvalue weighted by atomic mass is 10.3. The standard InChI is InChI=1S/C17H22N6S/c1-13-8-11-24-14(13)12-20-17(18-2)19-9-5-7-16-22-21-15-6-3-4-10-23(15)16/h3-4,6,8,10-11H,5,7,9,12H2,1-2H3,(H2,18,19,20). The van der Waals surface area contributed by atoms with Crippen molar-refractivity contribution >= 4 is 22.9 Å². The minimum Gasteiger partial charge on any atom is -0.356 e. The molecular formula is C17H22N6S. The Hall–Kier alpha value is -2.41. The average Bonchev–Trinajstić information content (AvgIpc) is 3.21. The summed E-state index contributed by atoms with van der Waals surface area (Å²) in [5.74, 6) is 1.82. The third-order valence-corrected chi connectivity index (χ3v) is 4.89. The summed E-state index contributed by atoms with van der Waals surface area (Å²) >= 11 is 1.77. The summed E-state index contributed by atoms with van der Waals surface area (Å²) in [5, 5.41) is 17.2. The number of rotatable bonds is 6. The van der Waals surface area contributed by atoms with Gasteiger partial charge in [-0.15, -0.1) is 21.5 Å². The number of guanidine groups is 1. The van der Waals surface area contributed by atoms with Crippen molar-refractivity contribution in [1.29, 1.82) is 0 Å². The first kappa shape index (κ1) is 16.4. The Kier molecular flexibility index (Phi) is 5.43. The van der Waals surface area contributed by atoms with E-state index in [4.69, 9.17) is 0 Å². The molecule has 3 rings (SSSR count). The van der Waals surface area contributed by atoms with Gasteiger partial charge in [-0.3, -0.25) is 9.39 Å². The molecule has 0 unspecified atom stereocenters. The Labute approximate surface area is 145 Å². The van der Waals surface area contributed by atoms with E-state index in [1.807, 2.05) is 28.8 Å². The molecule has 24 heavy (non-hydrogen) atoms. The summed E-state index contributed by atoms with van der Waals surface area (Å²) in [6, 6.07) is 8.07. The molecule has 0 aliphatic heterocycles. The predicted octanol–water partition coefficient (Wildman–Crippen LogP) is 2.40. The molecule has 0 bridgehead atoms. The molecule has 0 spiro atoms. The monoisotopic (exact) mass is 342 g/mol. The van der Waals surface area contributed by atoms with Crippen LogP contribution in [0.2, 0.25) is 0 Å². The molecule has 0 saturated carbocycles. The molecule has 0 fully saturated rings. The Balaban J connectivity index is 1.44. The summed E-state index contributed by atoms with van der Waals surface area (Å²) in [5.41, 5.74) is 2.21. The molecule has 0 aliphatic carbocycles. The maximum atomic E-state index is 4.27. The van der Waals surface area contributed by atoms with Gasteiger partial charge in [0.2, 0.25) is 0 Å². The number of pyridine rings is 1. The Bertz CT molecular complexity index is 819. The van der Waals surface area contributed by atoms with E-state index in [9.17, 15) is 0 Å². The lowest BCUT2D eigenvalue weighted by Gasteiger charge is -2.11. The average molecular weight is 342 g/mol. The van der Waals surface area contributed by atoms with Gasteiger partial charge in [0.25, 0.3) is 0 Å². The smallest absolute Gasteiger partial charge is 0.191 e. The summed E-state index contributed by atoms with van der Waals surface area (Å²) < 4.78 is 2.03. The van der Waals surface area contributed by atoms with Crippen molar-refractivity contribution < 1.29 is 0 Å². The topological polar surface area (TPSA) is 66.6 Å². The summed E-state index contributed by atoms with van der Waals surface area (Å²) in [7, 11) is 1.79. The van der Waals surface area contributed by atoms with Crippen LogP contribution in [0.25, 0.3) is 5.65 Å². The first-order valence-corrected chi connectivity index (χ1v) is 8.92. The number of aryl methyl sites for hydroxylation is 2. The van der Waals surface area contributed by atoms with Crippen LogP contribution in [0, 0.1) is 6.92 Å². The van der Waals surface area contributed by atoms with Gasteiger partial charge in [0.1, 0.15) is 5.82 Å². The van der Waals surface area contributed by atoms with Gasteiger partial charge in [-0.05, 0) is 42.5 Å². The summed E-state index contributed by atoms with van der Waals surface area (Å²) in [6.45, 7) is 3.77. The van der Waals surface area contributed by atoms with Gasteiger partial charge in [0, 0.05) is 31.1 Å². The van der Waals surface area contributed by atoms with Crippen LogP contribution >= 0.6 is 11.3 Å². The number of aliphatic imine (C=N–C) groups is 1. The van der Waals surface area contributed by atoms with Gasteiger partial charge >= 0.3 is 0 Å². The van der Waals surface area contributed by atoms with E-state index in [-0.39, 0.29) is 0 Å². The predicted molar refractivity (Wildman–Crippen MR) is 98.6 cm³/mol. The summed E-state index contributed by atoms with van der Waals surface area (Å²) in [4.78, 5) is 5.61. The highest BCUT2D eigenvalue weighted by Crippen LogP contribution is 2.14. The highest BCUT2D eigenvalue weighted by Gasteiger charge is 2.05. The van der Waals surface area contributed by atoms with Crippen molar-refractivity contribution in [2.24, 2.45) is 4.99 Å². The molecule has 0 atom stereocenters. The van der Waals surface area contributed by atoms with Crippen LogP contribution in [0.1, 0.15) is 22.7 Å². The van der Waals surface area contributed by atoms with Crippen LogP contribution in [0.15, 0.2) is 40.8 Å². The van der Waals surface area contributed by atoms with Crippen LogP contribution in [0.3, 0.4) is 0 Å². The molecule has 3 aromatic heterocycles. The first-order valence-electron chi connectivity index (χ1n) is 8.04. The molecule has 3 heterocycles. The van der Waals surface area contributed by atoms with E-state index < -0.39 is 0 Å². The SMILES string of the molecule is CN=C(NCCCc1nnc2ccccn12)NCc1sccc1C. The van der Waals surface area contributed by atoms with Crippen LogP contribution in [-0.4, -0.2) is 34.2 Å². The quantitative estimate of drug-likeness (QED) is 0.410. The van der Waals surface area contributed by atoms with Crippen LogP contribution in [0.5, 0.6) is 0 Å². The number of nitrogens with one attached hydrogen (secondary N) is 2. The van der Waals surface area contributed by atoms with Crippen molar-refractivity contribution in [2.45, 2.75) is 26.3 Å². The van der Waals surface area contributed by atoms with Gasteiger partial charge in [0.15, 0.2) is 11.6 Å². The Morgan fingerprint density at radius 2 is 2.17 bits per heavy atom. The summed E-state index contributed by atoms with van der Waals surface area (Å²) in [6.07, 6.45) is 3.84. The second kappa shape index (κ2) is 7.92. The molecule has 2 N–H and O–H groups in total. The molecule has 7 heteroatoms. The van der Waals surface area contributed by atoms with Gasteiger partial charge < -0.3 is 10.6 Å². The lowest BCUT2D eigenvalue weighted by molar-refractivity contribution is 0.715. The highest BCUT2D eigenvalue weighted by molar-refractivity contribution is 7.10. The van der Waals surface area contributed by atoms with Crippen LogP contribution < -0.4 is 10.6 Å². The largest absolute Gasteiger partial charge is 0.356 e. The van der Waals surface area contributed by atoms with E-state index in [1.54, 1.807) is 18.4 Å². The molecule has 0 aromatic carbocycles. The highest BCUT2D eigenvalue weighted by atomic mass is 32.1. The first-order chi connectivity index (χ1) is 11.8. The fraction of sp³-hybridized carbons (Fsp3) is 0.353. The molecular weight excluding hydrogens is 320 g/mol. The van der Waals surface area contributed by atoms with Crippen molar-refractivity contribution in [3.63, 3.8) is 0 Å². The minimum absolute atomic E-state index is 0.804. The second-order valence-electron chi connectivity index (χ2n) is 5.53. The fourth-order valence-corrected chi connectivity index (χ4v) is 3.33. The van der Waals surface area contributed by atoms with Gasteiger partial charge in [0.05, 0.1) is 6.54 Å². The van der Waals surface area contributed by atoms with E-state index in [1.165, 1.54) is 10.4 Å². The molecule has 0 radical (unpaired) electrons. The number of hydrogen-bond acceptors (Lipinski definition) is 4. The van der Waals surface area contributed by atoms with Crippen molar-refractivity contribution in [1.82, 2.24) is 25.2 Å². The maximum Gasteiger partial charge on any atom is 0.191 e. The van der Waals surface area contributed by atoms with Gasteiger partial charge in [-0.1, -0.05) is 6.07 Å². The van der Waals surface area contributed by atoms with Crippen molar-refractivity contribution in [3.8, 4) is 0 Å². The molecule has 126 valence electrons. The van der Waals surface area contributed by atoms with E-state index in [0.29, 0.717) is 0 Å². The van der Waals surface area contributed by atoms with E-state index >= 15 is 0 Å².